The summed E-state index contributed by atoms with van der Waals surface area (Å²) in [4.78, 5) is 35.8. The molecule has 0 saturated carbocycles. The number of benzene rings is 2. The molecule has 28 heavy (non-hydrogen) atoms. The largest absolute Gasteiger partial charge is 0.451 e. The predicted molar refractivity (Wildman–Crippen MR) is 102 cm³/mol. The van der Waals surface area contributed by atoms with Crippen molar-refractivity contribution in [3.05, 3.63) is 71.0 Å². The summed E-state index contributed by atoms with van der Waals surface area (Å²) in [6.07, 6.45) is -0.462. The van der Waals surface area contributed by atoms with Gasteiger partial charge in [0, 0.05) is 12.1 Å². The molecule has 2 aromatic carbocycles. The Morgan fingerprint density at radius 3 is 2.46 bits per heavy atom. The molecule has 1 atom stereocenters. The number of amides is 2. The van der Waals surface area contributed by atoms with Gasteiger partial charge in [-0.3, -0.25) is 14.4 Å². The maximum atomic E-state index is 12.8. The Balaban J connectivity index is 1.69. The van der Waals surface area contributed by atoms with Crippen molar-refractivity contribution in [2.45, 2.75) is 26.4 Å². The zero-order valence-electron chi connectivity index (χ0n) is 15.8. The van der Waals surface area contributed by atoms with Crippen molar-refractivity contribution in [2.75, 3.05) is 13.1 Å². The molecule has 0 aliphatic rings. The number of carbonyl (C=O) groups is 3. The second-order valence-corrected chi connectivity index (χ2v) is 6.35. The van der Waals surface area contributed by atoms with Gasteiger partial charge in [0.1, 0.15) is 12.4 Å². The molecule has 0 aliphatic heterocycles. The number of ether oxygens (including phenoxy) is 1. The Morgan fingerprint density at radius 1 is 1.07 bits per heavy atom. The van der Waals surface area contributed by atoms with E-state index in [4.69, 9.17) is 4.74 Å². The lowest BCUT2D eigenvalue weighted by Crippen LogP contribution is -2.39. The van der Waals surface area contributed by atoms with Crippen LogP contribution in [0.3, 0.4) is 0 Å². The molecule has 6 nitrogen and oxygen atoms in total. The van der Waals surface area contributed by atoms with E-state index in [9.17, 15) is 18.8 Å². The summed E-state index contributed by atoms with van der Waals surface area (Å²) in [5, 5.41) is 5.11. The summed E-state index contributed by atoms with van der Waals surface area (Å²) in [6.45, 7) is 3.31. The maximum absolute atomic E-state index is 12.8. The molecule has 0 unspecified atom stereocenters. The van der Waals surface area contributed by atoms with E-state index in [0.717, 1.165) is 11.1 Å². The van der Waals surface area contributed by atoms with Crippen molar-refractivity contribution < 1.29 is 23.5 Å². The second-order valence-electron chi connectivity index (χ2n) is 6.35. The average molecular weight is 386 g/mol. The van der Waals surface area contributed by atoms with Gasteiger partial charge in [-0.05, 0) is 50.1 Å². The third-order valence-corrected chi connectivity index (χ3v) is 3.98. The number of hydrogen-bond acceptors (Lipinski definition) is 4. The first-order valence-electron chi connectivity index (χ1n) is 8.91. The van der Waals surface area contributed by atoms with E-state index in [1.54, 1.807) is 30.3 Å². The van der Waals surface area contributed by atoms with Crippen LogP contribution in [0.5, 0.6) is 0 Å². The first-order valence-corrected chi connectivity index (χ1v) is 8.91. The number of esters is 1. The van der Waals surface area contributed by atoms with E-state index >= 15 is 0 Å². The van der Waals surface area contributed by atoms with Gasteiger partial charge in [0.2, 0.25) is 0 Å². The molecule has 0 spiro atoms. The smallest absolute Gasteiger partial charge is 0.326 e. The van der Waals surface area contributed by atoms with Crippen LogP contribution >= 0.6 is 0 Å². The summed E-state index contributed by atoms with van der Waals surface area (Å²) in [5.41, 5.74) is 2.26. The highest BCUT2D eigenvalue weighted by Gasteiger charge is 2.18. The van der Waals surface area contributed by atoms with Gasteiger partial charge in [-0.25, -0.2) is 4.39 Å². The second kappa shape index (κ2) is 10.2. The van der Waals surface area contributed by atoms with Crippen molar-refractivity contribution in [2.24, 2.45) is 0 Å². The Bertz CT molecular complexity index is 837. The molecule has 0 radical (unpaired) electrons. The van der Waals surface area contributed by atoms with Crippen LogP contribution < -0.4 is 10.6 Å². The maximum Gasteiger partial charge on any atom is 0.326 e. The van der Waals surface area contributed by atoms with Crippen LogP contribution in [0, 0.1) is 12.7 Å². The van der Waals surface area contributed by atoms with Crippen molar-refractivity contribution in [3.8, 4) is 0 Å². The van der Waals surface area contributed by atoms with Gasteiger partial charge in [-0.2, -0.15) is 0 Å². The molecule has 0 aromatic heterocycles. The van der Waals surface area contributed by atoms with Crippen LogP contribution in [0.4, 0.5) is 4.39 Å². The molecule has 0 heterocycles. The number of aryl methyl sites for hydroxylation is 1. The summed E-state index contributed by atoms with van der Waals surface area (Å²) in [5.74, 6) is -1.86. The van der Waals surface area contributed by atoms with Gasteiger partial charge in [-0.15, -0.1) is 0 Å². The lowest BCUT2D eigenvalue weighted by atomic mass is 10.1. The summed E-state index contributed by atoms with van der Waals surface area (Å²) < 4.78 is 17.9. The van der Waals surface area contributed by atoms with Crippen LogP contribution in [-0.2, 0) is 20.7 Å². The van der Waals surface area contributed by atoms with Crippen LogP contribution in [0.15, 0.2) is 48.5 Å². The molecule has 2 aromatic rings. The number of hydrogen-bond donors (Lipinski definition) is 2. The third-order valence-electron chi connectivity index (χ3n) is 3.98. The first kappa shape index (κ1) is 21.1. The average Bonchev–Trinajstić information content (AvgIpc) is 2.67. The molecule has 0 aliphatic carbocycles. The number of halogens is 1. The summed E-state index contributed by atoms with van der Waals surface area (Å²) in [7, 11) is 0. The van der Waals surface area contributed by atoms with Crippen LogP contribution in [-0.4, -0.2) is 37.0 Å². The fourth-order valence-corrected chi connectivity index (χ4v) is 2.46. The normalized spacial score (nSPS) is 11.4. The first-order chi connectivity index (χ1) is 13.3. The Kier molecular flexibility index (Phi) is 7.68. The minimum absolute atomic E-state index is 0.317. The summed E-state index contributed by atoms with van der Waals surface area (Å²) >= 11 is 0. The molecule has 2 rings (SSSR count). The molecule has 0 bridgehead atoms. The molecule has 2 amide bonds. The van der Waals surface area contributed by atoms with Crippen LogP contribution in [0.2, 0.25) is 0 Å². The van der Waals surface area contributed by atoms with E-state index < -0.39 is 23.9 Å². The van der Waals surface area contributed by atoms with Gasteiger partial charge in [-0.1, -0.05) is 29.8 Å². The topological polar surface area (TPSA) is 84.5 Å². The zero-order chi connectivity index (χ0) is 20.5. The number of rotatable bonds is 8. The van der Waals surface area contributed by atoms with E-state index in [1.807, 2.05) is 13.0 Å². The number of carbonyl (C=O) groups excluding carboxylic acids is 3. The fraction of sp³-hybridized carbons (Fsp3) is 0.286. The molecular weight excluding hydrogens is 363 g/mol. The molecule has 7 heteroatoms. The predicted octanol–water partition coefficient (Wildman–Crippen LogP) is 2.15. The Hall–Kier alpha value is -3.22. The Labute approximate surface area is 163 Å². The minimum Gasteiger partial charge on any atom is -0.451 e. The van der Waals surface area contributed by atoms with E-state index in [1.165, 1.54) is 19.1 Å². The molecular formula is C21H23FN2O4. The van der Waals surface area contributed by atoms with Gasteiger partial charge < -0.3 is 15.4 Å². The van der Waals surface area contributed by atoms with Crippen LogP contribution in [0.25, 0.3) is 0 Å². The number of nitrogens with one attached hydrogen (secondary N) is 2. The highest BCUT2D eigenvalue weighted by molar-refractivity contribution is 5.96. The highest BCUT2D eigenvalue weighted by Crippen LogP contribution is 2.04. The lowest BCUT2D eigenvalue weighted by molar-refractivity contribution is -0.153. The van der Waals surface area contributed by atoms with Gasteiger partial charge in [0.05, 0.1) is 0 Å². The lowest BCUT2D eigenvalue weighted by Gasteiger charge is -2.14. The van der Waals surface area contributed by atoms with Crippen molar-refractivity contribution in [3.63, 3.8) is 0 Å². The van der Waals surface area contributed by atoms with Crippen molar-refractivity contribution in [1.82, 2.24) is 10.6 Å². The molecule has 0 fully saturated rings. The molecule has 148 valence electrons. The van der Waals surface area contributed by atoms with E-state index in [-0.39, 0.29) is 12.4 Å². The Morgan fingerprint density at radius 2 is 1.79 bits per heavy atom. The van der Waals surface area contributed by atoms with E-state index in [2.05, 4.69) is 10.6 Å². The minimum atomic E-state index is -0.989. The van der Waals surface area contributed by atoms with Gasteiger partial charge in [0.25, 0.3) is 11.8 Å². The van der Waals surface area contributed by atoms with Crippen LogP contribution in [0.1, 0.15) is 28.4 Å². The third kappa shape index (κ3) is 6.83. The van der Waals surface area contributed by atoms with Gasteiger partial charge >= 0.3 is 5.97 Å². The molecule has 2 N–H and O–H groups in total. The fourth-order valence-electron chi connectivity index (χ4n) is 2.46. The quantitative estimate of drug-likeness (QED) is 0.681. The van der Waals surface area contributed by atoms with Crippen molar-refractivity contribution >= 4 is 17.8 Å². The standard InChI is InChI=1S/C21H23FN2O4/c1-14-4-3-5-17(12-14)21(27)24-13-19(25)28-15(2)20(26)23-11-10-16-6-8-18(22)9-7-16/h3-9,12,15H,10-11,13H2,1-2H3,(H,23,26)(H,24,27)/t15-/m1/s1. The highest BCUT2D eigenvalue weighted by atomic mass is 19.1. The van der Waals surface area contributed by atoms with E-state index in [0.29, 0.717) is 18.5 Å². The van der Waals surface area contributed by atoms with Crippen molar-refractivity contribution in [1.29, 1.82) is 0 Å². The van der Waals surface area contributed by atoms with Gasteiger partial charge in [0.15, 0.2) is 6.10 Å². The molecule has 0 saturated heterocycles. The summed E-state index contributed by atoms with van der Waals surface area (Å²) in [6, 6.07) is 13.0. The monoisotopic (exact) mass is 386 g/mol. The SMILES string of the molecule is Cc1cccc(C(=O)NCC(=O)O[C@H](C)C(=O)NCCc2ccc(F)cc2)c1. The zero-order valence-corrected chi connectivity index (χ0v) is 15.8.